The van der Waals surface area contributed by atoms with E-state index in [2.05, 4.69) is 15.5 Å². The molecule has 1 aromatic rings. The van der Waals surface area contributed by atoms with Gasteiger partial charge in [0.15, 0.2) is 0 Å². The van der Waals surface area contributed by atoms with Gasteiger partial charge in [0.05, 0.1) is 11.5 Å². The molecule has 1 N–H and O–H groups in total. The lowest BCUT2D eigenvalue weighted by atomic mass is 9.95. The van der Waals surface area contributed by atoms with E-state index in [1.165, 1.54) is 31.0 Å². The molecule has 19 heavy (non-hydrogen) atoms. The Kier molecular flexibility index (Phi) is 6.03. The van der Waals surface area contributed by atoms with Crippen LogP contribution >= 0.6 is 23.5 Å². The van der Waals surface area contributed by atoms with Gasteiger partial charge in [0.1, 0.15) is 0 Å². The summed E-state index contributed by atoms with van der Waals surface area (Å²) in [6.07, 6.45) is 7.93. The Hall–Kier alpha value is -0.690. The largest absolute Gasteiger partial charge is 0.415 e. The summed E-state index contributed by atoms with van der Waals surface area (Å²) >= 11 is 2.93. The Balaban J connectivity index is 1.69. The molecule has 1 heterocycles. The quantitative estimate of drug-likeness (QED) is 0.814. The summed E-state index contributed by atoms with van der Waals surface area (Å²) in [6.45, 7) is 0. The second-order valence-corrected chi connectivity index (χ2v) is 6.38. The second kappa shape index (κ2) is 7.79. The van der Waals surface area contributed by atoms with E-state index in [0.29, 0.717) is 28.7 Å². The Morgan fingerprint density at radius 3 is 2.89 bits per heavy atom. The fraction of sp³-hybridized carbons (Fsp3) is 0.750. The van der Waals surface area contributed by atoms with Crippen LogP contribution in [0.25, 0.3) is 0 Å². The normalized spacial score (nSPS) is 16.5. The number of amides is 1. The van der Waals surface area contributed by atoms with Gasteiger partial charge in [0.25, 0.3) is 5.22 Å². The van der Waals surface area contributed by atoms with Crippen LogP contribution in [0.2, 0.25) is 0 Å². The SMILES string of the molecule is CSCc1nnc(SCC(=O)NC2CCCCC2)o1. The molecule has 7 heteroatoms. The van der Waals surface area contributed by atoms with Crippen LogP contribution < -0.4 is 5.32 Å². The van der Waals surface area contributed by atoms with Gasteiger partial charge in [-0.1, -0.05) is 31.0 Å². The number of hydrogen-bond acceptors (Lipinski definition) is 6. The molecule has 0 unspecified atom stereocenters. The zero-order chi connectivity index (χ0) is 13.5. The Bertz CT molecular complexity index is 405. The molecule has 0 atom stereocenters. The van der Waals surface area contributed by atoms with Gasteiger partial charge in [-0.15, -0.1) is 10.2 Å². The minimum absolute atomic E-state index is 0.0570. The molecule has 1 amide bonds. The van der Waals surface area contributed by atoms with Crippen LogP contribution in [-0.2, 0) is 10.5 Å². The van der Waals surface area contributed by atoms with Crippen molar-refractivity contribution in [2.75, 3.05) is 12.0 Å². The lowest BCUT2D eigenvalue weighted by molar-refractivity contribution is -0.119. The lowest BCUT2D eigenvalue weighted by Crippen LogP contribution is -2.37. The van der Waals surface area contributed by atoms with Gasteiger partial charge in [-0.05, 0) is 19.1 Å². The van der Waals surface area contributed by atoms with Crippen molar-refractivity contribution in [1.29, 1.82) is 0 Å². The highest BCUT2D eigenvalue weighted by Gasteiger charge is 2.16. The molecule has 1 aliphatic rings. The van der Waals surface area contributed by atoms with Crippen molar-refractivity contribution in [3.05, 3.63) is 5.89 Å². The number of aromatic nitrogens is 2. The number of thioether (sulfide) groups is 2. The molecule has 5 nitrogen and oxygen atoms in total. The van der Waals surface area contributed by atoms with E-state index >= 15 is 0 Å². The van der Waals surface area contributed by atoms with Crippen LogP contribution in [-0.4, -0.2) is 34.2 Å². The van der Waals surface area contributed by atoms with E-state index in [1.807, 2.05) is 6.26 Å². The van der Waals surface area contributed by atoms with Gasteiger partial charge >= 0.3 is 0 Å². The topological polar surface area (TPSA) is 68.0 Å². The van der Waals surface area contributed by atoms with E-state index in [1.54, 1.807) is 11.8 Å². The number of hydrogen-bond donors (Lipinski definition) is 1. The van der Waals surface area contributed by atoms with Crippen molar-refractivity contribution in [3.63, 3.8) is 0 Å². The van der Waals surface area contributed by atoms with Gasteiger partial charge in [-0.3, -0.25) is 4.79 Å². The molecule has 0 aromatic carbocycles. The molecule has 0 saturated heterocycles. The van der Waals surface area contributed by atoms with Gasteiger partial charge in [-0.25, -0.2) is 0 Å². The number of nitrogens with zero attached hydrogens (tertiary/aromatic N) is 2. The summed E-state index contributed by atoms with van der Waals surface area (Å²) in [7, 11) is 0. The molecule has 1 fully saturated rings. The second-order valence-electron chi connectivity index (χ2n) is 4.59. The third kappa shape index (κ3) is 5.06. The maximum atomic E-state index is 11.8. The molecule has 2 rings (SSSR count). The summed E-state index contributed by atoms with van der Waals surface area (Å²) < 4.78 is 5.40. The van der Waals surface area contributed by atoms with Gasteiger partial charge < -0.3 is 9.73 Å². The van der Waals surface area contributed by atoms with Crippen LogP contribution in [0.3, 0.4) is 0 Å². The minimum atomic E-state index is 0.0570. The third-order valence-corrected chi connectivity index (χ3v) is 4.37. The molecule has 1 saturated carbocycles. The van der Waals surface area contributed by atoms with Crippen LogP contribution in [0.5, 0.6) is 0 Å². The van der Waals surface area contributed by atoms with Gasteiger partial charge in [0, 0.05) is 6.04 Å². The predicted molar refractivity (Wildman–Crippen MR) is 77.3 cm³/mol. The van der Waals surface area contributed by atoms with E-state index in [4.69, 9.17) is 4.42 Å². The van der Waals surface area contributed by atoms with E-state index in [0.717, 1.165) is 12.8 Å². The summed E-state index contributed by atoms with van der Waals surface area (Å²) in [5, 5.41) is 11.4. The zero-order valence-corrected chi connectivity index (χ0v) is 12.7. The maximum absolute atomic E-state index is 11.8. The third-order valence-electron chi connectivity index (χ3n) is 3.01. The monoisotopic (exact) mass is 301 g/mol. The fourth-order valence-corrected chi connectivity index (χ4v) is 3.08. The number of carbonyl (C=O) groups is 1. The molecular weight excluding hydrogens is 282 g/mol. The number of nitrogens with one attached hydrogen (secondary N) is 1. The maximum Gasteiger partial charge on any atom is 0.277 e. The fourth-order valence-electron chi connectivity index (χ4n) is 2.12. The van der Waals surface area contributed by atoms with Gasteiger partial charge in [0.2, 0.25) is 11.8 Å². The molecule has 0 spiro atoms. The van der Waals surface area contributed by atoms with Crippen molar-refractivity contribution in [1.82, 2.24) is 15.5 Å². The van der Waals surface area contributed by atoms with E-state index in [-0.39, 0.29) is 5.91 Å². The van der Waals surface area contributed by atoms with Crippen LogP contribution in [0, 0.1) is 0 Å². The first-order valence-electron chi connectivity index (χ1n) is 6.51. The van der Waals surface area contributed by atoms with Crippen LogP contribution in [0.1, 0.15) is 38.0 Å². The molecule has 1 aromatic heterocycles. The van der Waals surface area contributed by atoms with Crippen molar-refractivity contribution >= 4 is 29.4 Å². The first-order valence-corrected chi connectivity index (χ1v) is 8.89. The van der Waals surface area contributed by atoms with Crippen LogP contribution in [0.4, 0.5) is 0 Å². The van der Waals surface area contributed by atoms with Crippen molar-refractivity contribution in [2.24, 2.45) is 0 Å². The summed E-state index contributed by atoms with van der Waals surface area (Å²) in [5.41, 5.74) is 0. The Morgan fingerprint density at radius 2 is 2.16 bits per heavy atom. The number of carbonyl (C=O) groups excluding carboxylic acids is 1. The average Bonchev–Trinajstić information content (AvgIpc) is 2.86. The standard InChI is InChI=1S/C12H19N3O2S2/c1-18-8-11-14-15-12(17-11)19-7-10(16)13-9-5-3-2-4-6-9/h9H,2-8H2,1H3,(H,13,16). The highest BCUT2D eigenvalue weighted by molar-refractivity contribution is 7.99. The molecular formula is C12H19N3O2S2. The van der Waals surface area contributed by atoms with E-state index in [9.17, 15) is 4.79 Å². The smallest absolute Gasteiger partial charge is 0.277 e. The van der Waals surface area contributed by atoms with Crippen molar-refractivity contribution < 1.29 is 9.21 Å². The van der Waals surface area contributed by atoms with Crippen molar-refractivity contribution in [2.45, 2.75) is 49.1 Å². The van der Waals surface area contributed by atoms with Gasteiger partial charge in [-0.2, -0.15) is 11.8 Å². The lowest BCUT2D eigenvalue weighted by Gasteiger charge is -2.22. The Morgan fingerprint density at radius 1 is 1.37 bits per heavy atom. The van der Waals surface area contributed by atoms with Crippen molar-refractivity contribution in [3.8, 4) is 0 Å². The Labute approximate surface area is 121 Å². The highest BCUT2D eigenvalue weighted by Crippen LogP contribution is 2.19. The molecule has 0 radical (unpaired) electrons. The zero-order valence-electron chi connectivity index (χ0n) is 11.1. The van der Waals surface area contributed by atoms with Crippen LogP contribution in [0.15, 0.2) is 9.64 Å². The number of rotatable bonds is 6. The summed E-state index contributed by atoms with van der Waals surface area (Å²) in [4.78, 5) is 11.8. The summed E-state index contributed by atoms with van der Waals surface area (Å²) in [5.74, 6) is 1.73. The molecule has 0 bridgehead atoms. The average molecular weight is 301 g/mol. The first kappa shape index (κ1) is 14.7. The van der Waals surface area contributed by atoms with E-state index < -0.39 is 0 Å². The molecule has 1 aliphatic carbocycles. The minimum Gasteiger partial charge on any atom is -0.415 e. The predicted octanol–water partition coefficient (Wildman–Crippen LogP) is 2.47. The molecule has 106 valence electrons. The summed E-state index contributed by atoms with van der Waals surface area (Å²) in [6, 6.07) is 0.358. The highest BCUT2D eigenvalue weighted by atomic mass is 32.2. The molecule has 0 aliphatic heterocycles. The first-order chi connectivity index (χ1) is 9.28.